The van der Waals surface area contributed by atoms with Crippen molar-refractivity contribution >= 4 is 28.7 Å². The molecule has 1 amide bonds. The van der Waals surface area contributed by atoms with Gasteiger partial charge in [-0.2, -0.15) is 0 Å². The number of rotatable bonds is 3. The Balaban J connectivity index is 4.96. The second-order valence-electron chi connectivity index (χ2n) is 3.46. The fourth-order valence-corrected chi connectivity index (χ4v) is 1.57. The SMILES string of the molecule is CC#CC(I)(CC)C(C)(C)OC(N)=O. The molecule has 0 saturated carbocycles. The molecule has 0 heterocycles. The van der Waals surface area contributed by atoms with Crippen LogP contribution < -0.4 is 5.73 Å². The van der Waals surface area contributed by atoms with E-state index >= 15 is 0 Å². The second kappa shape index (κ2) is 4.87. The van der Waals surface area contributed by atoms with E-state index < -0.39 is 15.1 Å². The smallest absolute Gasteiger partial charge is 0.405 e. The first-order valence-electron chi connectivity index (χ1n) is 4.40. The standard InChI is InChI=1S/C10H16INO2/c1-5-7-10(11,6-2)9(3,4)14-8(12)13/h6H2,1-4H3,(H2,12,13). The van der Waals surface area contributed by atoms with Crippen molar-refractivity contribution in [3.8, 4) is 11.8 Å². The molecule has 0 rings (SSSR count). The van der Waals surface area contributed by atoms with Crippen LogP contribution in [0.3, 0.4) is 0 Å². The Bertz CT molecular complexity index is 278. The minimum Gasteiger partial charge on any atom is -0.441 e. The zero-order chi connectivity index (χ0) is 11.4. The van der Waals surface area contributed by atoms with Gasteiger partial charge in [0.15, 0.2) is 0 Å². The highest BCUT2D eigenvalue weighted by Crippen LogP contribution is 2.37. The summed E-state index contributed by atoms with van der Waals surface area (Å²) in [6.45, 7) is 7.41. The van der Waals surface area contributed by atoms with Gasteiger partial charge in [-0.05, 0) is 27.2 Å². The van der Waals surface area contributed by atoms with Crippen molar-refractivity contribution in [1.29, 1.82) is 0 Å². The fraction of sp³-hybridized carbons (Fsp3) is 0.700. The Morgan fingerprint density at radius 3 is 2.36 bits per heavy atom. The predicted molar refractivity (Wildman–Crippen MR) is 65.2 cm³/mol. The Kier molecular flexibility index (Phi) is 4.72. The number of carbonyl (C=O) groups is 1. The van der Waals surface area contributed by atoms with Gasteiger partial charge in [-0.25, -0.2) is 4.79 Å². The predicted octanol–water partition coefficient (Wildman–Crippen LogP) is 2.47. The number of alkyl halides is 1. The largest absolute Gasteiger partial charge is 0.441 e. The molecule has 3 nitrogen and oxygen atoms in total. The normalized spacial score (nSPS) is 14.9. The molecule has 1 unspecified atom stereocenters. The third-order valence-corrected chi connectivity index (χ3v) is 4.45. The topological polar surface area (TPSA) is 52.3 Å². The summed E-state index contributed by atoms with van der Waals surface area (Å²) in [5.74, 6) is 5.91. The van der Waals surface area contributed by atoms with E-state index in [0.717, 1.165) is 6.42 Å². The number of halogens is 1. The molecule has 0 aromatic carbocycles. The molecule has 14 heavy (non-hydrogen) atoms. The van der Waals surface area contributed by atoms with Gasteiger partial charge >= 0.3 is 6.09 Å². The minimum atomic E-state index is -0.762. The summed E-state index contributed by atoms with van der Waals surface area (Å²) in [4.78, 5) is 10.7. The Hall–Kier alpha value is -0.440. The van der Waals surface area contributed by atoms with Crippen LogP contribution in [0.5, 0.6) is 0 Å². The molecule has 0 bridgehead atoms. The average Bonchev–Trinajstić information content (AvgIpc) is 2.02. The van der Waals surface area contributed by atoms with Crippen molar-refractivity contribution in [2.24, 2.45) is 5.73 Å². The van der Waals surface area contributed by atoms with Crippen molar-refractivity contribution in [1.82, 2.24) is 0 Å². The number of amides is 1. The summed E-state index contributed by atoms with van der Waals surface area (Å²) in [6, 6.07) is 0. The van der Waals surface area contributed by atoms with E-state index in [2.05, 4.69) is 34.4 Å². The summed E-state index contributed by atoms with van der Waals surface area (Å²) < 4.78 is 4.68. The minimum absolute atomic E-state index is 0.394. The van der Waals surface area contributed by atoms with Crippen LogP contribution in [-0.4, -0.2) is 15.1 Å². The molecule has 0 radical (unpaired) electrons. The number of hydrogen-bond donors (Lipinski definition) is 1. The van der Waals surface area contributed by atoms with Crippen LogP contribution in [0, 0.1) is 11.8 Å². The molecule has 0 fully saturated rings. The summed E-state index contributed by atoms with van der Waals surface area (Å²) in [7, 11) is 0. The first kappa shape index (κ1) is 13.6. The summed E-state index contributed by atoms with van der Waals surface area (Å²) in [5, 5.41) is 0. The number of primary amides is 1. The molecule has 0 spiro atoms. The van der Waals surface area contributed by atoms with Crippen molar-refractivity contribution < 1.29 is 9.53 Å². The van der Waals surface area contributed by atoms with Gasteiger partial charge in [0.25, 0.3) is 0 Å². The molecule has 2 N–H and O–H groups in total. The van der Waals surface area contributed by atoms with E-state index in [0.29, 0.717) is 0 Å². The average molecular weight is 309 g/mol. The van der Waals surface area contributed by atoms with Gasteiger partial charge in [0.2, 0.25) is 0 Å². The summed E-state index contributed by atoms with van der Waals surface area (Å²) >= 11 is 2.21. The maximum absolute atomic E-state index is 10.7. The third-order valence-electron chi connectivity index (χ3n) is 2.12. The van der Waals surface area contributed by atoms with Crippen LogP contribution in [0.1, 0.15) is 34.1 Å². The van der Waals surface area contributed by atoms with E-state index in [1.54, 1.807) is 6.92 Å². The van der Waals surface area contributed by atoms with E-state index in [4.69, 9.17) is 10.5 Å². The molecule has 0 aliphatic carbocycles. The van der Waals surface area contributed by atoms with E-state index in [9.17, 15) is 4.79 Å². The number of ether oxygens (including phenoxy) is 1. The summed E-state index contributed by atoms with van der Waals surface area (Å²) in [5.41, 5.74) is 4.33. The maximum atomic E-state index is 10.7. The molecule has 1 atom stereocenters. The van der Waals surface area contributed by atoms with Gasteiger partial charge in [-0.3, -0.25) is 0 Å². The van der Waals surface area contributed by atoms with Gasteiger partial charge in [0, 0.05) is 0 Å². The van der Waals surface area contributed by atoms with Crippen LogP contribution in [0.15, 0.2) is 0 Å². The first-order chi connectivity index (χ1) is 6.29. The van der Waals surface area contributed by atoms with Gasteiger partial charge in [0.1, 0.15) is 9.02 Å². The van der Waals surface area contributed by atoms with Crippen molar-refractivity contribution in [3.05, 3.63) is 0 Å². The fourth-order valence-electron chi connectivity index (χ4n) is 1.20. The Labute approximate surface area is 98.9 Å². The van der Waals surface area contributed by atoms with Crippen LogP contribution >= 0.6 is 22.6 Å². The Morgan fingerprint density at radius 1 is 1.57 bits per heavy atom. The second-order valence-corrected chi connectivity index (χ2v) is 5.30. The molecule has 0 aliphatic heterocycles. The summed E-state index contributed by atoms with van der Waals surface area (Å²) in [6.07, 6.45) is 0.0247. The van der Waals surface area contributed by atoms with Crippen LogP contribution in [0.2, 0.25) is 0 Å². The molecule has 0 saturated heterocycles. The number of carbonyl (C=O) groups excluding carboxylic acids is 1. The van der Waals surface area contributed by atoms with Gasteiger partial charge in [-0.15, -0.1) is 5.92 Å². The maximum Gasteiger partial charge on any atom is 0.405 e. The van der Waals surface area contributed by atoms with Gasteiger partial charge in [0.05, 0.1) is 0 Å². The highest BCUT2D eigenvalue weighted by molar-refractivity contribution is 14.1. The number of nitrogens with two attached hydrogens (primary N) is 1. The van der Waals surface area contributed by atoms with Crippen LogP contribution in [0.25, 0.3) is 0 Å². The molecular weight excluding hydrogens is 293 g/mol. The highest BCUT2D eigenvalue weighted by Gasteiger charge is 2.43. The first-order valence-corrected chi connectivity index (χ1v) is 5.48. The molecule has 0 aliphatic rings. The third kappa shape index (κ3) is 3.05. The molecule has 80 valence electrons. The van der Waals surface area contributed by atoms with E-state index in [1.165, 1.54) is 0 Å². The Morgan fingerprint density at radius 2 is 2.07 bits per heavy atom. The lowest BCUT2D eigenvalue weighted by molar-refractivity contribution is 0.0321. The number of hydrogen-bond acceptors (Lipinski definition) is 2. The molecule has 0 aromatic heterocycles. The zero-order valence-corrected chi connectivity index (χ0v) is 11.1. The molecule has 4 heteroatoms. The van der Waals surface area contributed by atoms with Crippen molar-refractivity contribution in [2.45, 2.75) is 43.1 Å². The molecule has 0 aromatic rings. The monoisotopic (exact) mass is 309 g/mol. The lowest BCUT2D eigenvalue weighted by Gasteiger charge is -2.36. The van der Waals surface area contributed by atoms with Crippen LogP contribution in [-0.2, 0) is 4.74 Å². The quantitative estimate of drug-likeness (QED) is 0.495. The van der Waals surface area contributed by atoms with Gasteiger partial charge < -0.3 is 10.5 Å². The van der Waals surface area contributed by atoms with Gasteiger partial charge in [-0.1, -0.05) is 35.4 Å². The van der Waals surface area contributed by atoms with Crippen molar-refractivity contribution in [2.75, 3.05) is 0 Å². The van der Waals surface area contributed by atoms with E-state index in [1.807, 2.05) is 20.8 Å². The molecular formula is C10H16INO2. The lowest BCUT2D eigenvalue weighted by Crippen LogP contribution is -2.48. The zero-order valence-electron chi connectivity index (χ0n) is 8.98. The lowest BCUT2D eigenvalue weighted by atomic mass is 9.89. The highest BCUT2D eigenvalue weighted by atomic mass is 127. The van der Waals surface area contributed by atoms with Crippen molar-refractivity contribution in [3.63, 3.8) is 0 Å². The van der Waals surface area contributed by atoms with Crippen LogP contribution in [0.4, 0.5) is 4.79 Å². The van der Waals surface area contributed by atoms with E-state index in [-0.39, 0.29) is 0 Å².